The van der Waals surface area contributed by atoms with Gasteiger partial charge in [-0.05, 0) is 30.3 Å². The summed E-state index contributed by atoms with van der Waals surface area (Å²) in [5.74, 6) is -1.03. The molecule has 0 heterocycles. The molecule has 20 heavy (non-hydrogen) atoms. The molecule has 0 aliphatic rings. The summed E-state index contributed by atoms with van der Waals surface area (Å²) in [6.45, 7) is 0. The molecule has 0 saturated carbocycles. The maximum Gasteiger partial charge on any atom is 0.229 e. The second-order valence-electron chi connectivity index (χ2n) is 4.24. The van der Waals surface area contributed by atoms with Crippen molar-refractivity contribution in [2.24, 2.45) is 0 Å². The Balaban J connectivity index is 2.11. The largest absolute Gasteiger partial charge is 0.508 e. The number of phenols is 4. The van der Waals surface area contributed by atoms with Gasteiger partial charge in [0.15, 0.2) is 0 Å². The standard InChI is InChI=1S/C14H13NO5/c16-9-2-4-12(18)8(5-9)6-14(20)15-11-3-1-10(17)7-13(11)19/h1-5,7,16-19H,6H2,(H,15,20). The Morgan fingerprint density at radius 1 is 0.900 bits per heavy atom. The van der Waals surface area contributed by atoms with Gasteiger partial charge in [-0.1, -0.05) is 0 Å². The van der Waals surface area contributed by atoms with E-state index in [1.54, 1.807) is 0 Å². The molecule has 0 spiro atoms. The first-order valence-corrected chi connectivity index (χ1v) is 5.78. The van der Waals surface area contributed by atoms with Crippen LogP contribution in [-0.2, 0) is 11.2 Å². The van der Waals surface area contributed by atoms with Gasteiger partial charge in [-0.25, -0.2) is 0 Å². The van der Waals surface area contributed by atoms with Gasteiger partial charge in [-0.3, -0.25) is 4.79 Å². The van der Waals surface area contributed by atoms with Crippen molar-refractivity contribution >= 4 is 11.6 Å². The predicted molar refractivity (Wildman–Crippen MR) is 71.9 cm³/mol. The number of carbonyl (C=O) groups is 1. The third kappa shape index (κ3) is 3.11. The number of amides is 1. The lowest BCUT2D eigenvalue weighted by Crippen LogP contribution is -2.14. The summed E-state index contributed by atoms with van der Waals surface area (Å²) in [5.41, 5.74) is 0.410. The van der Waals surface area contributed by atoms with Crippen LogP contribution in [0.4, 0.5) is 5.69 Å². The fraction of sp³-hybridized carbons (Fsp3) is 0.0714. The Bertz CT molecular complexity index is 654. The number of carbonyl (C=O) groups excluding carboxylic acids is 1. The maximum atomic E-state index is 11.8. The van der Waals surface area contributed by atoms with Gasteiger partial charge in [0.25, 0.3) is 0 Å². The Labute approximate surface area is 114 Å². The quantitative estimate of drug-likeness (QED) is 0.432. The monoisotopic (exact) mass is 275 g/mol. The second-order valence-corrected chi connectivity index (χ2v) is 4.24. The second kappa shape index (κ2) is 5.40. The van der Waals surface area contributed by atoms with Crippen LogP contribution >= 0.6 is 0 Å². The zero-order chi connectivity index (χ0) is 14.7. The van der Waals surface area contributed by atoms with Crippen molar-refractivity contribution in [1.29, 1.82) is 0 Å². The molecule has 0 aliphatic heterocycles. The minimum absolute atomic E-state index is 0.0573. The molecule has 0 aliphatic carbocycles. The zero-order valence-electron chi connectivity index (χ0n) is 10.4. The lowest BCUT2D eigenvalue weighted by atomic mass is 10.1. The van der Waals surface area contributed by atoms with Gasteiger partial charge in [-0.2, -0.15) is 0 Å². The molecule has 0 aromatic heterocycles. The van der Waals surface area contributed by atoms with Crippen molar-refractivity contribution in [2.75, 3.05) is 5.32 Å². The van der Waals surface area contributed by atoms with E-state index >= 15 is 0 Å². The lowest BCUT2D eigenvalue weighted by molar-refractivity contribution is -0.115. The fourth-order valence-corrected chi connectivity index (χ4v) is 1.71. The maximum absolute atomic E-state index is 11.8. The van der Waals surface area contributed by atoms with E-state index in [-0.39, 0.29) is 40.7 Å². The molecular weight excluding hydrogens is 262 g/mol. The molecule has 6 nitrogen and oxygen atoms in total. The Morgan fingerprint density at radius 2 is 1.55 bits per heavy atom. The topological polar surface area (TPSA) is 110 Å². The number of phenolic OH excluding ortho intramolecular Hbond substituents is 4. The molecule has 2 aromatic carbocycles. The van der Waals surface area contributed by atoms with Crippen LogP contribution in [-0.4, -0.2) is 26.3 Å². The fourth-order valence-electron chi connectivity index (χ4n) is 1.71. The van der Waals surface area contributed by atoms with E-state index in [0.717, 1.165) is 6.07 Å². The summed E-state index contributed by atoms with van der Waals surface area (Å²) in [7, 11) is 0. The zero-order valence-corrected chi connectivity index (χ0v) is 10.4. The van der Waals surface area contributed by atoms with E-state index in [9.17, 15) is 20.1 Å². The third-order valence-corrected chi connectivity index (χ3v) is 2.67. The summed E-state index contributed by atoms with van der Waals surface area (Å²) in [6, 6.07) is 7.65. The molecule has 5 N–H and O–H groups in total. The van der Waals surface area contributed by atoms with Crippen LogP contribution in [0.15, 0.2) is 36.4 Å². The normalized spacial score (nSPS) is 10.2. The van der Waals surface area contributed by atoms with Gasteiger partial charge in [0.1, 0.15) is 23.0 Å². The first kappa shape index (κ1) is 13.5. The minimum atomic E-state index is -0.480. The summed E-state index contributed by atoms with van der Waals surface area (Å²) in [6.07, 6.45) is -0.166. The minimum Gasteiger partial charge on any atom is -0.508 e. The van der Waals surface area contributed by atoms with Gasteiger partial charge >= 0.3 is 0 Å². The predicted octanol–water partition coefficient (Wildman–Crippen LogP) is 1.69. The van der Waals surface area contributed by atoms with Crippen LogP contribution in [0.2, 0.25) is 0 Å². The molecule has 0 unspecified atom stereocenters. The summed E-state index contributed by atoms with van der Waals surface area (Å²) in [5, 5.41) is 40.0. The number of aromatic hydroxyl groups is 4. The number of anilines is 1. The average Bonchev–Trinajstić information content (AvgIpc) is 2.37. The highest BCUT2D eigenvalue weighted by Gasteiger charge is 2.11. The number of hydrogen-bond donors (Lipinski definition) is 5. The smallest absolute Gasteiger partial charge is 0.229 e. The number of benzene rings is 2. The van der Waals surface area contributed by atoms with E-state index < -0.39 is 5.91 Å². The lowest BCUT2D eigenvalue weighted by Gasteiger charge is -2.09. The first-order chi connectivity index (χ1) is 9.45. The van der Waals surface area contributed by atoms with Gasteiger partial charge < -0.3 is 25.7 Å². The highest BCUT2D eigenvalue weighted by Crippen LogP contribution is 2.28. The SMILES string of the molecule is O=C(Cc1cc(O)ccc1O)Nc1ccc(O)cc1O. The molecular formula is C14H13NO5. The van der Waals surface area contributed by atoms with Crippen molar-refractivity contribution in [3.05, 3.63) is 42.0 Å². The Kier molecular flexibility index (Phi) is 3.65. The van der Waals surface area contributed by atoms with Crippen molar-refractivity contribution in [2.45, 2.75) is 6.42 Å². The molecule has 2 aromatic rings. The van der Waals surface area contributed by atoms with Crippen LogP contribution in [0, 0.1) is 0 Å². The molecule has 6 heteroatoms. The van der Waals surface area contributed by atoms with Gasteiger partial charge in [0.05, 0.1) is 12.1 Å². The van der Waals surface area contributed by atoms with Crippen molar-refractivity contribution in [3.63, 3.8) is 0 Å². The molecule has 0 atom stereocenters. The molecule has 2 rings (SSSR count). The van der Waals surface area contributed by atoms with Crippen molar-refractivity contribution < 1.29 is 25.2 Å². The van der Waals surface area contributed by atoms with Gasteiger partial charge in [0, 0.05) is 11.6 Å². The molecule has 104 valence electrons. The van der Waals surface area contributed by atoms with Crippen LogP contribution < -0.4 is 5.32 Å². The summed E-state index contributed by atoms with van der Waals surface area (Å²) in [4.78, 5) is 11.8. The van der Waals surface area contributed by atoms with Gasteiger partial charge in [-0.15, -0.1) is 0 Å². The van der Waals surface area contributed by atoms with Crippen molar-refractivity contribution in [1.82, 2.24) is 0 Å². The van der Waals surface area contributed by atoms with E-state index in [0.29, 0.717) is 0 Å². The molecule has 1 amide bonds. The third-order valence-electron chi connectivity index (χ3n) is 2.67. The van der Waals surface area contributed by atoms with Crippen LogP contribution in [0.3, 0.4) is 0 Å². The molecule has 0 saturated heterocycles. The van der Waals surface area contributed by atoms with Crippen LogP contribution in [0.25, 0.3) is 0 Å². The van der Waals surface area contributed by atoms with E-state index in [2.05, 4.69) is 5.32 Å². The summed E-state index contributed by atoms with van der Waals surface area (Å²) < 4.78 is 0. The summed E-state index contributed by atoms with van der Waals surface area (Å²) >= 11 is 0. The van der Waals surface area contributed by atoms with Crippen molar-refractivity contribution in [3.8, 4) is 23.0 Å². The highest BCUT2D eigenvalue weighted by molar-refractivity contribution is 5.94. The van der Waals surface area contributed by atoms with E-state index in [1.807, 2.05) is 0 Å². The molecule has 0 bridgehead atoms. The van der Waals surface area contributed by atoms with E-state index in [4.69, 9.17) is 5.11 Å². The van der Waals surface area contributed by atoms with Crippen LogP contribution in [0.1, 0.15) is 5.56 Å². The Hall–Kier alpha value is -2.89. The molecule has 0 radical (unpaired) electrons. The number of rotatable bonds is 3. The first-order valence-electron chi connectivity index (χ1n) is 5.78. The Morgan fingerprint density at radius 3 is 2.25 bits per heavy atom. The van der Waals surface area contributed by atoms with E-state index in [1.165, 1.54) is 30.3 Å². The average molecular weight is 275 g/mol. The van der Waals surface area contributed by atoms with Gasteiger partial charge in [0.2, 0.25) is 5.91 Å². The number of hydrogen-bond acceptors (Lipinski definition) is 5. The number of nitrogens with one attached hydrogen (secondary N) is 1. The highest BCUT2D eigenvalue weighted by atomic mass is 16.3. The van der Waals surface area contributed by atoms with Crippen LogP contribution in [0.5, 0.6) is 23.0 Å². The molecule has 0 fully saturated rings.